The average molecular weight is 275 g/mol. The van der Waals surface area contributed by atoms with Gasteiger partial charge < -0.3 is 0 Å². The topological polar surface area (TPSA) is 0 Å². The normalized spacial score (nSPS) is 10.7. The van der Waals surface area contributed by atoms with Gasteiger partial charge in [-0.05, 0) is 45.3 Å². The minimum Gasteiger partial charge on any atom is -0.0776 e. The van der Waals surface area contributed by atoms with Crippen molar-refractivity contribution in [2.45, 2.75) is 104 Å². The second-order valence-corrected chi connectivity index (χ2v) is 2.99. The molecule has 1 aliphatic rings. The number of rotatable bonds is 0. The van der Waals surface area contributed by atoms with Gasteiger partial charge in [0, 0.05) is 0 Å². The van der Waals surface area contributed by atoms with Crippen molar-refractivity contribution in [2.24, 2.45) is 0 Å². The summed E-state index contributed by atoms with van der Waals surface area (Å²) in [5, 5.41) is 0. The zero-order chi connectivity index (χ0) is 15.0. The minimum absolute atomic E-state index is 0. The van der Waals surface area contributed by atoms with E-state index in [0.29, 0.717) is 0 Å². The molecular weight excluding hydrogens is 228 g/mol. The van der Waals surface area contributed by atoms with Gasteiger partial charge in [0.05, 0.1) is 0 Å². The molecule has 0 unspecified atom stereocenters. The molecule has 0 atom stereocenters. The Kier molecular flexibility index (Phi) is 58.2. The van der Waals surface area contributed by atoms with Crippen molar-refractivity contribution >= 4 is 0 Å². The van der Waals surface area contributed by atoms with Crippen molar-refractivity contribution in [1.29, 1.82) is 0 Å². The van der Waals surface area contributed by atoms with Crippen LogP contribution in [0.4, 0.5) is 0 Å². The summed E-state index contributed by atoms with van der Waals surface area (Å²) in [4.78, 5) is 0. The molecule has 0 heterocycles. The van der Waals surface area contributed by atoms with Gasteiger partial charge in [-0.1, -0.05) is 81.4 Å². The highest BCUT2D eigenvalue weighted by Gasteiger charge is 2.10. The third kappa shape index (κ3) is 17.5. The molecule has 0 aromatic carbocycles. The van der Waals surface area contributed by atoms with E-state index in [1.165, 1.54) is 17.6 Å². The van der Waals surface area contributed by atoms with Crippen molar-refractivity contribution in [3.05, 3.63) is 22.3 Å². The first-order valence-corrected chi connectivity index (χ1v) is 7.46. The van der Waals surface area contributed by atoms with Gasteiger partial charge in [-0.2, -0.15) is 0 Å². The van der Waals surface area contributed by atoms with Gasteiger partial charge in [-0.15, -0.1) is 0 Å². The predicted octanol–water partition coefficient (Wildman–Crippen LogP) is 8.44. The standard InChI is InChI=1S/C9H14.4C2H6.2CH4/c1-6-5-7(2)9(4)8(6)3;4*1-2;;/h5H2,1-4H3;4*1-2H3;2*1H4. The van der Waals surface area contributed by atoms with Crippen LogP contribution in [0, 0.1) is 0 Å². The maximum atomic E-state index is 2.22. The van der Waals surface area contributed by atoms with Crippen LogP contribution in [-0.4, -0.2) is 0 Å². The molecule has 0 aliphatic heterocycles. The monoisotopic (exact) mass is 274 g/mol. The number of allylic oxidation sites excluding steroid dienone is 4. The number of hydrogen-bond donors (Lipinski definition) is 0. The molecule has 1 rings (SSSR count). The Morgan fingerprint density at radius 3 is 0.684 bits per heavy atom. The minimum atomic E-state index is 0. The van der Waals surface area contributed by atoms with Crippen LogP contribution in [0.1, 0.15) is 104 Å². The van der Waals surface area contributed by atoms with Crippen LogP contribution in [-0.2, 0) is 0 Å². The Balaban J connectivity index is -0.0000000369. The Bertz CT molecular complexity index is 170. The van der Waals surface area contributed by atoms with E-state index in [-0.39, 0.29) is 14.9 Å². The lowest BCUT2D eigenvalue weighted by Crippen LogP contribution is -1.74. The van der Waals surface area contributed by atoms with Gasteiger partial charge in [-0.25, -0.2) is 0 Å². The summed E-state index contributed by atoms with van der Waals surface area (Å²) in [5.74, 6) is 0. The summed E-state index contributed by atoms with van der Waals surface area (Å²) in [6.07, 6.45) is 1.21. The number of hydrogen-bond acceptors (Lipinski definition) is 0. The van der Waals surface area contributed by atoms with E-state index in [0.717, 1.165) is 0 Å². The molecular formula is C19H46. The van der Waals surface area contributed by atoms with E-state index in [1.807, 2.05) is 55.4 Å². The quantitative estimate of drug-likeness (QED) is 0.415. The highest BCUT2D eigenvalue weighted by Crippen LogP contribution is 2.30. The molecule has 0 nitrogen and oxygen atoms in total. The molecule has 0 bridgehead atoms. The zero-order valence-electron chi connectivity index (χ0n) is 14.7. The second-order valence-electron chi connectivity index (χ2n) is 2.99. The van der Waals surface area contributed by atoms with Crippen LogP contribution < -0.4 is 0 Å². The summed E-state index contributed by atoms with van der Waals surface area (Å²) in [6.45, 7) is 24.9. The van der Waals surface area contributed by atoms with Gasteiger partial charge in [0.25, 0.3) is 0 Å². The predicted molar refractivity (Wildman–Crippen MR) is 100 cm³/mol. The molecule has 0 spiro atoms. The lowest BCUT2D eigenvalue weighted by atomic mass is 10.1. The van der Waals surface area contributed by atoms with Crippen LogP contribution >= 0.6 is 0 Å². The van der Waals surface area contributed by atoms with Crippen LogP contribution in [0.15, 0.2) is 22.3 Å². The Morgan fingerprint density at radius 1 is 0.474 bits per heavy atom. The molecule has 0 saturated heterocycles. The fourth-order valence-electron chi connectivity index (χ4n) is 1.30. The van der Waals surface area contributed by atoms with E-state index in [4.69, 9.17) is 0 Å². The summed E-state index contributed by atoms with van der Waals surface area (Å²) >= 11 is 0. The van der Waals surface area contributed by atoms with Gasteiger partial charge in [0.15, 0.2) is 0 Å². The highest BCUT2D eigenvalue weighted by molar-refractivity contribution is 5.43. The zero-order valence-corrected chi connectivity index (χ0v) is 14.7. The third-order valence-corrected chi connectivity index (χ3v) is 2.37. The maximum absolute atomic E-state index is 2.22. The van der Waals surface area contributed by atoms with Gasteiger partial charge >= 0.3 is 0 Å². The molecule has 0 fully saturated rings. The van der Waals surface area contributed by atoms with Crippen molar-refractivity contribution in [3.63, 3.8) is 0 Å². The Morgan fingerprint density at radius 2 is 0.632 bits per heavy atom. The van der Waals surface area contributed by atoms with E-state index < -0.39 is 0 Å². The summed E-state index contributed by atoms with van der Waals surface area (Å²) < 4.78 is 0. The van der Waals surface area contributed by atoms with Crippen molar-refractivity contribution < 1.29 is 0 Å². The molecule has 0 saturated carbocycles. The lowest BCUT2D eigenvalue weighted by Gasteiger charge is -1.94. The molecule has 0 aromatic rings. The van der Waals surface area contributed by atoms with Gasteiger partial charge in [0.2, 0.25) is 0 Å². The molecule has 0 N–H and O–H groups in total. The molecule has 0 amide bonds. The van der Waals surface area contributed by atoms with E-state index in [2.05, 4.69) is 27.7 Å². The second kappa shape index (κ2) is 30.5. The van der Waals surface area contributed by atoms with E-state index in [9.17, 15) is 0 Å². The lowest BCUT2D eigenvalue weighted by molar-refractivity contribution is 1.13. The fraction of sp³-hybridized carbons (Fsp3) is 0.789. The average Bonchev–Trinajstić information content (AvgIpc) is 2.66. The maximum Gasteiger partial charge on any atom is -0.0102 e. The van der Waals surface area contributed by atoms with Crippen molar-refractivity contribution in [2.75, 3.05) is 0 Å². The molecule has 0 radical (unpaired) electrons. The van der Waals surface area contributed by atoms with E-state index in [1.54, 1.807) is 11.1 Å². The van der Waals surface area contributed by atoms with Crippen LogP contribution in [0.25, 0.3) is 0 Å². The fourth-order valence-corrected chi connectivity index (χ4v) is 1.30. The van der Waals surface area contributed by atoms with Gasteiger partial charge in [-0.3, -0.25) is 0 Å². The smallest absolute Gasteiger partial charge is 0.0102 e. The van der Waals surface area contributed by atoms with Crippen LogP contribution in [0.2, 0.25) is 0 Å². The first kappa shape index (κ1) is 36.3. The summed E-state index contributed by atoms with van der Waals surface area (Å²) in [6, 6.07) is 0. The third-order valence-electron chi connectivity index (χ3n) is 2.37. The van der Waals surface area contributed by atoms with Crippen LogP contribution in [0.3, 0.4) is 0 Å². The molecule has 1 aliphatic carbocycles. The highest BCUT2D eigenvalue weighted by atomic mass is 14.2. The largest absolute Gasteiger partial charge is 0.0776 e. The first-order valence-electron chi connectivity index (χ1n) is 7.46. The molecule has 0 aromatic heterocycles. The van der Waals surface area contributed by atoms with E-state index >= 15 is 0 Å². The molecule has 0 heteroatoms. The van der Waals surface area contributed by atoms with Crippen molar-refractivity contribution in [1.82, 2.24) is 0 Å². The first-order chi connectivity index (χ1) is 8.13. The van der Waals surface area contributed by atoms with Crippen molar-refractivity contribution in [3.8, 4) is 0 Å². The molecule has 19 heavy (non-hydrogen) atoms. The SMILES string of the molecule is C.C.CC.CC.CC.CC.CC1=C(C)C(C)=C(C)C1. The Hall–Kier alpha value is -0.520. The van der Waals surface area contributed by atoms with Crippen LogP contribution in [0.5, 0.6) is 0 Å². The van der Waals surface area contributed by atoms with Gasteiger partial charge in [0.1, 0.15) is 0 Å². The Labute approximate surface area is 127 Å². The summed E-state index contributed by atoms with van der Waals surface area (Å²) in [7, 11) is 0. The summed E-state index contributed by atoms with van der Waals surface area (Å²) in [5.41, 5.74) is 6.11. The molecule has 122 valence electrons.